The molecule has 0 fully saturated rings. The first-order chi connectivity index (χ1) is 15.8. The van der Waals surface area contributed by atoms with Crippen molar-refractivity contribution in [2.45, 2.75) is 25.7 Å². The van der Waals surface area contributed by atoms with E-state index in [0.29, 0.717) is 11.3 Å². The van der Waals surface area contributed by atoms with Gasteiger partial charge in [0.15, 0.2) is 0 Å². The van der Waals surface area contributed by atoms with E-state index in [-0.39, 0.29) is 28.6 Å². The van der Waals surface area contributed by atoms with Crippen LogP contribution < -0.4 is 10.6 Å². The molecule has 1 aliphatic rings. The van der Waals surface area contributed by atoms with Gasteiger partial charge in [0.2, 0.25) is 0 Å². The van der Waals surface area contributed by atoms with Gasteiger partial charge in [0.25, 0.3) is 0 Å². The Bertz CT molecular complexity index is 1200. The normalized spacial score (nSPS) is 16.0. The first kappa shape index (κ1) is 24.1. The lowest BCUT2D eigenvalue weighted by atomic mass is 9.80. The minimum absolute atomic E-state index is 0.0149. The molecule has 3 rings (SSSR count). The fourth-order valence-corrected chi connectivity index (χ4v) is 4.33. The predicted octanol–water partition coefficient (Wildman–Crippen LogP) is 4.47. The second kappa shape index (κ2) is 9.92. The molecule has 0 bridgehead atoms. The molecule has 0 radical (unpaired) electrons. The number of methoxy groups -OCH3 is 2. The molecular weight excluding hydrogens is 486 g/mol. The van der Waals surface area contributed by atoms with Gasteiger partial charge in [-0.05, 0) is 35.2 Å². The van der Waals surface area contributed by atoms with Crippen molar-refractivity contribution in [2.24, 2.45) is 5.73 Å². The summed E-state index contributed by atoms with van der Waals surface area (Å²) in [5.74, 6) is -2.33. The molecule has 0 amide bonds. The lowest BCUT2D eigenvalue weighted by molar-refractivity contribution is -0.139. The number of halogens is 1. The van der Waals surface area contributed by atoms with Crippen LogP contribution in [0.2, 0.25) is 0 Å². The Morgan fingerprint density at radius 3 is 2.27 bits per heavy atom. The number of allylic oxidation sites excluding steroid dienone is 1. The smallest absolute Gasteiger partial charge is 0.355 e. The van der Waals surface area contributed by atoms with Gasteiger partial charge in [-0.15, -0.1) is 0 Å². The fraction of sp³-hybridized carbons (Fsp3) is 0.240. The largest absolute Gasteiger partial charge is 0.466 e. The minimum atomic E-state index is -0.896. The van der Waals surface area contributed by atoms with E-state index < -0.39 is 17.9 Å². The fourth-order valence-electron chi connectivity index (χ4n) is 3.96. The number of carbonyl (C=O) groups excluding carboxylic acids is 2. The Balaban J connectivity index is 2.46. The second-order valence-corrected chi connectivity index (χ2v) is 8.61. The molecule has 8 heteroatoms. The molecule has 0 aliphatic carbocycles. The van der Waals surface area contributed by atoms with Crippen LogP contribution in [0.1, 0.15) is 36.8 Å². The van der Waals surface area contributed by atoms with Crippen molar-refractivity contribution >= 4 is 33.6 Å². The summed E-state index contributed by atoms with van der Waals surface area (Å²) in [4.78, 5) is 27.7. The quantitative estimate of drug-likeness (QED) is 0.592. The maximum Gasteiger partial charge on any atom is 0.355 e. The summed E-state index contributed by atoms with van der Waals surface area (Å²) in [5.41, 5.74) is 8.64. The second-order valence-electron chi connectivity index (χ2n) is 7.69. The summed E-state index contributed by atoms with van der Waals surface area (Å²) in [5, 5.41) is 10.1. The van der Waals surface area contributed by atoms with E-state index in [1.807, 2.05) is 26.0 Å². The molecule has 2 aromatic carbocycles. The van der Waals surface area contributed by atoms with E-state index in [2.05, 4.69) is 22.0 Å². The number of anilines is 1. The van der Waals surface area contributed by atoms with Gasteiger partial charge in [-0.2, -0.15) is 5.26 Å². The van der Waals surface area contributed by atoms with Gasteiger partial charge in [-0.25, -0.2) is 9.59 Å². The summed E-state index contributed by atoms with van der Waals surface area (Å²) in [6.07, 6.45) is 0. The van der Waals surface area contributed by atoms with E-state index in [1.165, 1.54) is 19.1 Å². The number of nitriles is 1. The lowest BCUT2D eigenvalue weighted by Gasteiger charge is -2.37. The maximum absolute atomic E-state index is 13.1. The van der Waals surface area contributed by atoms with Gasteiger partial charge >= 0.3 is 11.9 Å². The van der Waals surface area contributed by atoms with Gasteiger partial charge < -0.3 is 15.2 Å². The Kier molecular flexibility index (Phi) is 7.24. The molecule has 33 heavy (non-hydrogen) atoms. The summed E-state index contributed by atoms with van der Waals surface area (Å²) < 4.78 is 11.0. The van der Waals surface area contributed by atoms with Crippen LogP contribution in [0.25, 0.3) is 0 Å². The summed E-state index contributed by atoms with van der Waals surface area (Å²) in [7, 11) is 2.45. The molecule has 1 unspecified atom stereocenters. The summed E-state index contributed by atoms with van der Waals surface area (Å²) >= 11 is 3.48. The van der Waals surface area contributed by atoms with Crippen molar-refractivity contribution < 1.29 is 19.1 Å². The Hall–Kier alpha value is -3.57. The number of hydrogen-bond acceptors (Lipinski definition) is 7. The Labute approximate surface area is 201 Å². The number of ether oxygens (including phenoxy) is 2. The maximum atomic E-state index is 13.1. The van der Waals surface area contributed by atoms with Crippen molar-refractivity contribution in [3.63, 3.8) is 0 Å². The summed E-state index contributed by atoms with van der Waals surface area (Å²) in [6, 6.07) is 16.6. The monoisotopic (exact) mass is 509 g/mol. The van der Waals surface area contributed by atoms with Crippen LogP contribution in [0.15, 0.2) is 75.7 Å². The molecule has 7 nitrogen and oxygen atoms in total. The molecule has 1 atom stereocenters. The topological polar surface area (TPSA) is 106 Å². The van der Waals surface area contributed by atoms with Crippen LogP contribution in [-0.4, -0.2) is 26.2 Å². The average molecular weight is 510 g/mol. The van der Waals surface area contributed by atoms with Crippen molar-refractivity contribution in [1.29, 1.82) is 5.26 Å². The van der Waals surface area contributed by atoms with Crippen molar-refractivity contribution in [3.8, 4) is 6.07 Å². The number of nitrogens with two attached hydrogens (primary N) is 1. The van der Waals surface area contributed by atoms with Crippen molar-refractivity contribution in [1.82, 2.24) is 0 Å². The van der Waals surface area contributed by atoms with E-state index >= 15 is 0 Å². The number of rotatable bonds is 5. The molecule has 170 valence electrons. The van der Waals surface area contributed by atoms with Crippen molar-refractivity contribution in [2.75, 3.05) is 19.1 Å². The van der Waals surface area contributed by atoms with Crippen LogP contribution in [0.5, 0.6) is 0 Å². The number of nitrogens with zero attached hydrogens (tertiary/aromatic N) is 2. The molecule has 0 spiro atoms. The van der Waals surface area contributed by atoms with Crippen LogP contribution in [-0.2, 0) is 19.1 Å². The first-order valence-electron chi connectivity index (χ1n) is 10.2. The van der Waals surface area contributed by atoms with Gasteiger partial charge in [0.05, 0.1) is 43.0 Å². The zero-order chi connectivity index (χ0) is 24.3. The molecular formula is C25H24BrN3O4. The van der Waals surface area contributed by atoms with Crippen molar-refractivity contribution in [3.05, 3.63) is 86.8 Å². The number of esters is 2. The SMILES string of the molecule is COC(=O)C1=C(C(=O)OC)N(c2ccc(Br)cc2C(C)C)C(N)=C(C#N)C1c1ccccc1. The highest BCUT2D eigenvalue weighted by molar-refractivity contribution is 9.10. The predicted molar refractivity (Wildman–Crippen MR) is 128 cm³/mol. The average Bonchev–Trinajstić information content (AvgIpc) is 2.82. The number of benzene rings is 2. The number of hydrogen-bond donors (Lipinski definition) is 1. The van der Waals surface area contributed by atoms with Gasteiger partial charge in [-0.3, -0.25) is 4.90 Å². The molecule has 0 aromatic heterocycles. The highest BCUT2D eigenvalue weighted by atomic mass is 79.9. The van der Waals surface area contributed by atoms with E-state index in [9.17, 15) is 14.9 Å². The first-order valence-corrected chi connectivity index (χ1v) is 11.0. The zero-order valence-electron chi connectivity index (χ0n) is 18.8. The van der Waals surface area contributed by atoms with Gasteiger partial charge in [0.1, 0.15) is 11.5 Å². The van der Waals surface area contributed by atoms with Crippen LogP contribution in [0, 0.1) is 11.3 Å². The van der Waals surface area contributed by atoms with Gasteiger partial charge in [0, 0.05) is 4.47 Å². The third-order valence-electron chi connectivity index (χ3n) is 5.46. The Morgan fingerprint density at radius 1 is 1.09 bits per heavy atom. The molecule has 0 saturated heterocycles. The molecule has 2 aromatic rings. The highest BCUT2D eigenvalue weighted by Gasteiger charge is 2.43. The third-order valence-corrected chi connectivity index (χ3v) is 5.96. The standard InChI is InChI=1S/C25H24BrN3O4/c1-14(2)17-12-16(26)10-11-19(17)29-22(25(31)33-4)21(24(30)32-3)20(18(13-27)23(29)28)15-8-6-5-7-9-15/h5-12,14,20H,28H2,1-4H3. The van der Waals surface area contributed by atoms with Crippen LogP contribution in [0.4, 0.5) is 5.69 Å². The minimum Gasteiger partial charge on any atom is -0.466 e. The van der Waals surface area contributed by atoms with E-state index in [1.54, 1.807) is 36.4 Å². The van der Waals surface area contributed by atoms with E-state index in [4.69, 9.17) is 15.2 Å². The van der Waals surface area contributed by atoms with E-state index in [0.717, 1.165) is 10.0 Å². The molecule has 1 heterocycles. The lowest BCUT2D eigenvalue weighted by Crippen LogP contribution is -2.41. The Morgan fingerprint density at radius 2 is 1.73 bits per heavy atom. The zero-order valence-corrected chi connectivity index (χ0v) is 20.3. The van der Waals surface area contributed by atoms with Crippen LogP contribution >= 0.6 is 15.9 Å². The molecule has 2 N–H and O–H groups in total. The van der Waals surface area contributed by atoms with Gasteiger partial charge in [-0.1, -0.05) is 60.1 Å². The van der Waals surface area contributed by atoms with Crippen LogP contribution in [0.3, 0.4) is 0 Å². The molecule has 1 aliphatic heterocycles. The highest BCUT2D eigenvalue weighted by Crippen LogP contribution is 2.45. The molecule has 0 saturated carbocycles. The number of carbonyl (C=O) groups is 2. The summed E-state index contributed by atoms with van der Waals surface area (Å²) in [6.45, 7) is 3.99. The third kappa shape index (κ3) is 4.37.